The number of nitrogens with zero attached hydrogens (tertiary/aromatic N) is 1. The number of carbonyl (C=O) groups is 1. The molecule has 18 heavy (non-hydrogen) atoms. The summed E-state index contributed by atoms with van der Waals surface area (Å²) in [4.78, 5) is 15.9. The minimum Gasteiger partial charge on any atom is -0.446 e. The Hall–Kier alpha value is -1.40. The molecular weight excluding hydrogens is 234 g/mol. The molecular formula is C12H21N3O3. The fourth-order valence-corrected chi connectivity index (χ4v) is 1.42. The predicted molar refractivity (Wildman–Crippen MR) is 67.1 cm³/mol. The molecule has 1 amide bonds. The first-order chi connectivity index (χ1) is 8.45. The van der Waals surface area contributed by atoms with Crippen molar-refractivity contribution in [3.05, 3.63) is 17.8 Å². The van der Waals surface area contributed by atoms with Crippen LogP contribution in [0.3, 0.4) is 0 Å². The van der Waals surface area contributed by atoms with Crippen LogP contribution in [-0.4, -0.2) is 30.6 Å². The molecule has 102 valence electrons. The van der Waals surface area contributed by atoms with Crippen molar-refractivity contribution in [2.45, 2.75) is 32.9 Å². The molecule has 0 aromatic carbocycles. The number of hydrogen-bond acceptors (Lipinski definition) is 5. The molecule has 2 unspecified atom stereocenters. The molecule has 1 rings (SSSR count). The summed E-state index contributed by atoms with van der Waals surface area (Å²) in [5.74, 6) is 0.298. The van der Waals surface area contributed by atoms with Crippen molar-refractivity contribution >= 4 is 5.91 Å². The first-order valence-electron chi connectivity index (χ1n) is 5.96. The third kappa shape index (κ3) is 3.82. The summed E-state index contributed by atoms with van der Waals surface area (Å²) in [6.45, 7) is 6.23. The number of aromatic nitrogens is 1. The van der Waals surface area contributed by atoms with Crippen LogP contribution in [0.2, 0.25) is 0 Å². The molecule has 0 saturated carbocycles. The summed E-state index contributed by atoms with van der Waals surface area (Å²) in [7, 11) is 1.58. The van der Waals surface area contributed by atoms with Crippen LogP contribution in [0.1, 0.15) is 43.2 Å². The van der Waals surface area contributed by atoms with Gasteiger partial charge in [0.1, 0.15) is 6.26 Å². The average molecular weight is 255 g/mol. The van der Waals surface area contributed by atoms with Crippen molar-refractivity contribution in [2.75, 3.05) is 13.7 Å². The number of rotatable bonds is 6. The molecule has 0 fully saturated rings. The number of nitrogens with two attached hydrogens (primary N) is 1. The Balaban J connectivity index is 2.65. The number of nitrogens with one attached hydrogen (secondary N) is 1. The quantitative estimate of drug-likeness (QED) is 0.794. The van der Waals surface area contributed by atoms with Gasteiger partial charge in [-0.1, -0.05) is 13.8 Å². The summed E-state index contributed by atoms with van der Waals surface area (Å²) in [5.41, 5.74) is 6.13. The Morgan fingerprint density at radius 1 is 1.56 bits per heavy atom. The van der Waals surface area contributed by atoms with E-state index in [1.165, 1.54) is 6.26 Å². The highest BCUT2D eigenvalue weighted by atomic mass is 16.5. The van der Waals surface area contributed by atoms with Crippen LogP contribution in [0.5, 0.6) is 0 Å². The zero-order valence-electron chi connectivity index (χ0n) is 11.3. The van der Waals surface area contributed by atoms with Crippen LogP contribution in [0, 0.1) is 5.92 Å². The second-order valence-electron chi connectivity index (χ2n) is 4.67. The first-order valence-corrected chi connectivity index (χ1v) is 5.96. The summed E-state index contributed by atoms with van der Waals surface area (Å²) in [6.07, 6.45) is 1.33. The van der Waals surface area contributed by atoms with Gasteiger partial charge in [-0.2, -0.15) is 0 Å². The second-order valence-corrected chi connectivity index (χ2v) is 4.67. The van der Waals surface area contributed by atoms with E-state index in [4.69, 9.17) is 14.9 Å². The highest BCUT2D eigenvalue weighted by Crippen LogP contribution is 2.17. The van der Waals surface area contributed by atoms with E-state index in [1.807, 2.05) is 20.8 Å². The van der Waals surface area contributed by atoms with Crippen molar-refractivity contribution in [2.24, 2.45) is 11.7 Å². The molecule has 0 aliphatic heterocycles. The average Bonchev–Trinajstić information content (AvgIpc) is 2.77. The maximum absolute atomic E-state index is 11.8. The largest absolute Gasteiger partial charge is 0.446 e. The fraction of sp³-hybridized carbons (Fsp3) is 0.667. The summed E-state index contributed by atoms with van der Waals surface area (Å²) in [6, 6.07) is -0.385. The highest BCUT2D eigenvalue weighted by Gasteiger charge is 2.20. The minimum atomic E-state index is -0.303. The molecule has 3 N–H and O–H groups in total. The van der Waals surface area contributed by atoms with Gasteiger partial charge < -0.3 is 20.2 Å². The van der Waals surface area contributed by atoms with Crippen LogP contribution in [0.15, 0.2) is 10.7 Å². The monoisotopic (exact) mass is 255 g/mol. The van der Waals surface area contributed by atoms with Gasteiger partial charge in [-0.05, 0) is 12.8 Å². The minimum absolute atomic E-state index is 0.0820. The second kappa shape index (κ2) is 6.51. The van der Waals surface area contributed by atoms with Crippen LogP contribution < -0.4 is 11.1 Å². The van der Waals surface area contributed by atoms with Gasteiger partial charge in [-0.25, -0.2) is 4.98 Å². The Morgan fingerprint density at radius 3 is 2.78 bits per heavy atom. The van der Waals surface area contributed by atoms with Crippen molar-refractivity contribution < 1.29 is 13.9 Å². The van der Waals surface area contributed by atoms with Gasteiger partial charge in [0.15, 0.2) is 5.69 Å². The maximum atomic E-state index is 11.8. The molecule has 0 aliphatic carbocycles. The van der Waals surface area contributed by atoms with Crippen LogP contribution in [0.25, 0.3) is 0 Å². The highest BCUT2D eigenvalue weighted by molar-refractivity contribution is 5.92. The van der Waals surface area contributed by atoms with Crippen molar-refractivity contribution in [1.29, 1.82) is 0 Å². The topological polar surface area (TPSA) is 90.4 Å². The van der Waals surface area contributed by atoms with Gasteiger partial charge in [-0.15, -0.1) is 0 Å². The normalized spacial score (nSPS) is 14.6. The lowest BCUT2D eigenvalue weighted by atomic mass is 10.1. The van der Waals surface area contributed by atoms with E-state index < -0.39 is 0 Å². The van der Waals surface area contributed by atoms with Crippen LogP contribution in [-0.2, 0) is 4.74 Å². The fourth-order valence-electron chi connectivity index (χ4n) is 1.42. The Labute approximate surface area is 107 Å². The van der Waals surface area contributed by atoms with Gasteiger partial charge in [0, 0.05) is 13.2 Å². The van der Waals surface area contributed by atoms with Gasteiger partial charge >= 0.3 is 0 Å². The summed E-state index contributed by atoms with van der Waals surface area (Å²) in [5, 5.41) is 2.75. The summed E-state index contributed by atoms with van der Waals surface area (Å²) >= 11 is 0. The number of amides is 1. The molecule has 1 aromatic rings. The van der Waals surface area contributed by atoms with E-state index in [0.717, 1.165) is 0 Å². The van der Waals surface area contributed by atoms with E-state index >= 15 is 0 Å². The molecule has 1 heterocycles. The number of methoxy groups -OCH3 is 1. The first kappa shape index (κ1) is 14.7. The molecule has 0 bridgehead atoms. The number of carbonyl (C=O) groups excluding carboxylic acids is 1. The number of oxazole rings is 1. The van der Waals surface area contributed by atoms with Gasteiger partial charge in [-0.3, -0.25) is 4.79 Å². The van der Waals surface area contributed by atoms with E-state index in [2.05, 4.69) is 10.3 Å². The maximum Gasteiger partial charge on any atom is 0.273 e. The third-order valence-corrected chi connectivity index (χ3v) is 2.55. The van der Waals surface area contributed by atoms with Gasteiger partial charge in [0.2, 0.25) is 5.89 Å². The molecule has 6 heteroatoms. The Kier molecular flexibility index (Phi) is 5.30. The number of ether oxygens (including phenoxy) is 1. The Morgan fingerprint density at radius 2 is 2.22 bits per heavy atom. The van der Waals surface area contributed by atoms with Crippen LogP contribution >= 0.6 is 0 Å². The lowest BCUT2D eigenvalue weighted by Gasteiger charge is -2.11. The molecule has 0 saturated heterocycles. The molecule has 0 radical (unpaired) electrons. The smallest absolute Gasteiger partial charge is 0.273 e. The molecule has 0 aliphatic rings. The zero-order chi connectivity index (χ0) is 13.7. The van der Waals surface area contributed by atoms with E-state index in [-0.39, 0.29) is 29.6 Å². The van der Waals surface area contributed by atoms with E-state index in [9.17, 15) is 4.79 Å². The molecule has 0 spiro atoms. The van der Waals surface area contributed by atoms with Crippen molar-refractivity contribution in [3.63, 3.8) is 0 Å². The molecule has 2 atom stereocenters. The lowest BCUT2D eigenvalue weighted by molar-refractivity contribution is 0.0900. The van der Waals surface area contributed by atoms with Crippen LogP contribution in [0.4, 0.5) is 0 Å². The lowest BCUT2D eigenvalue weighted by Crippen LogP contribution is -2.35. The van der Waals surface area contributed by atoms with Crippen molar-refractivity contribution in [3.8, 4) is 0 Å². The SMILES string of the molecule is COCC(C)NC(=O)c1coc(C(N)C(C)C)n1. The summed E-state index contributed by atoms with van der Waals surface area (Å²) < 4.78 is 10.2. The van der Waals surface area contributed by atoms with Gasteiger partial charge in [0.25, 0.3) is 5.91 Å². The zero-order valence-corrected chi connectivity index (χ0v) is 11.3. The van der Waals surface area contributed by atoms with E-state index in [1.54, 1.807) is 7.11 Å². The van der Waals surface area contributed by atoms with E-state index in [0.29, 0.717) is 12.5 Å². The number of hydrogen-bond donors (Lipinski definition) is 2. The third-order valence-electron chi connectivity index (χ3n) is 2.55. The van der Waals surface area contributed by atoms with Crippen molar-refractivity contribution in [1.82, 2.24) is 10.3 Å². The Bertz CT molecular complexity index is 390. The predicted octanol–water partition coefficient (Wildman–Crippen LogP) is 1.10. The molecule has 1 aromatic heterocycles. The molecule has 6 nitrogen and oxygen atoms in total. The van der Waals surface area contributed by atoms with Gasteiger partial charge in [0.05, 0.1) is 12.6 Å². The standard InChI is InChI=1S/C12H21N3O3/c1-7(2)10(13)12-15-9(6-18-12)11(16)14-8(3)5-17-4/h6-8,10H,5,13H2,1-4H3,(H,14,16).